The summed E-state index contributed by atoms with van der Waals surface area (Å²) in [5.41, 5.74) is 7.52. The predicted molar refractivity (Wildman–Crippen MR) is 82.9 cm³/mol. The highest BCUT2D eigenvalue weighted by molar-refractivity contribution is 7.22. The molecule has 0 bridgehead atoms. The summed E-state index contributed by atoms with van der Waals surface area (Å²) in [6.45, 7) is 4.16. The molecule has 0 aliphatic carbocycles. The smallest absolute Gasteiger partial charge is 0.184 e. The van der Waals surface area contributed by atoms with E-state index >= 15 is 0 Å². The van der Waals surface area contributed by atoms with Gasteiger partial charge in [0.05, 0.1) is 16.3 Å². The SMILES string of the molecule is Cc1cnc(C(C)Nc2nc3ccc(N)cc3s2)s1. The van der Waals surface area contributed by atoms with Crippen LogP contribution in [-0.2, 0) is 0 Å². The number of hydrogen-bond acceptors (Lipinski definition) is 6. The van der Waals surface area contributed by atoms with Gasteiger partial charge in [0.25, 0.3) is 0 Å². The zero-order valence-corrected chi connectivity index (χ0v) is 12.3. The molecule has 3 aromatic rings. The molecule has 1 unspecified atom stereocenters. The van der Waals surface area contributed by atoms with E-state index < -0.39 is 0 Å². The van der Waals surface area contributed by atoms with Crippen molar-refractivity contribution in [2.45, 2.75) is 19.9 Å². The Labute approximate surface area is 119 Å². The van der Waals surface area contributed by atoms with Crippen LogP contribution < -0.4 is 11.1 Å². The van der Waals surface area contributed by atoms with Crippen LogP contribution in [0.5, 0.6) is 0 Å². The molecule has 6 heteroatoms. The monoisotopic (exact) mass is 290 g/mol. The molecular weight excluding hydrogens is 276 g/mol. The first-order valence-electron chi connectivity index (χ1n) is 5.97. The Kier molecular flexibility index (Phi) is 3.12. The molecule has 19 heavy (non-hydrogen) atoms. The molecular formula is C13H14N4S2. The Bertz CT molecular complexity index is 716. The number of hydrogen-bond donors (Lipinski definition) is 2. The normalized spacial score (nSPS) is 12.7. The number of fused-ring (bicyclic) bond motifs is 1. The summed E-state index contributed by atoms with van der Waals surface area (Å²) in [7, 11) is 0. The lowest BCUT2D eigenvalue weighted by molar-refractivity contribution is 0.868. The Morgan fingerprint density at radius 2 is 2.16 bits per heavy atom. The van der Waals surface area contributed by atoms with Gasteiger partial charge in [0, 0.05) is 16.8 Å². The fourth-order valence-corrected chi connectivity index (χ4v) is 3.60. The zero-order valence-electron chi connectivity index (χ0n) is 10.7. The van der Waals surface area contributed by atoms with Crippen molar-refractivity contribution in [1.29, 1.82) is 0 Å². The number of nitrogens with zero attached hydrogens (tertiary/aromatic N) is 2. The van der Waals surface area contributed by atoms with Crippen molar-refractivity contribution in [2.75, 3.05) is 11.1 Å². The molecule has 1 atom stereocenters. The third-order valence-corrected chi connectivity index (χ3v) is 4.81. The molecule has 0 amide bonds. The van der Waals surface area contributed by atoms with E-state index in [1.807, 2.05) is 24.4 Å². The second-order valence-corrected chi connectivity index (χ2v) is 6.72. The van der Waals surface area contributed by atoms with Crippen LogP contribution in [0.3, 0.4) is 0 Å². The standard InChI is InChI=1S/C13H14N4S2/c1-7-6-15-12(18-7)8(2)16-13-17-10-4-3-9(14)5-11(10)19-13/h3-6,8H,14H2,1-2H3,(H,16,17). The summed E-state index contributed by atoms with van der Waals surface area (Å²) in [5.74, 6) is 0. The van der Waals surface area contributed by atoms with E-state index in [-0.39, 0.29) is 6.04 Å². The molecule has 0 aliphatic rings. The number of benzene rings is 1. The highest BCUT2D eigenvalue weighted by Gasteiger charge is 2.12. The highest BCUT2D eigenvalue weighted by atomic mass is 32.1. The molecule has 3 rings (SSSR count). The summed E-state index contributed by atoms with van der Waals surface area (Å²) in [6.07, 6.45) is 1.90. The van der Waals surface area contributed by atoms with Gasteiger partial charge in [0.2, 0.25) is 0 Å². The van der Waals surface area contributed by atoms with Crippen molar-refractivity contribution in [2.24, 2.45) is 0 Å². The molecule has 0 aliphatic heterocycles. The van der Waals surface area contributed by atoms with Crippen LogP contribution >= 0.6 is 22.7 Å². The molecule has 0 spiro atoms. The molecule has 4 nitrogen and oxygen atoms in total. The average molecular weight is 290 g/mol. The predicted octanol–water partition coefficient (Wildman–Crippen LogP) is 3.82. The zero-order chi connectivity index (χ0) is 13.4. The van der Waals surface area contributed by atoms with Crippen molar-refractivity contribution in [3.05, 3.63) is 34.3 Å². The quantitative estimate of drug-likeness (QED) is 0.720. The topological polar surface area (TPSA) is 63.8 Å². The number of nitrogens with one attached hydrogen (secondary N) is 1. The minimum Gasteiger partial charge on any atom is -0.399 e. The minimum atomic E-state index is 0.164. The Morgan fingerprint density at radius 3 is 2.89 bits per heavy atom. The molecule has 0 fully saturated rings. The molecule has 3 N–H and O–H groups in total. The molecule has 2 aromatic heterocycles. The van der Waals surface area contributed by atoms with Gasteiger partial charge < -0.3 is 11.1 Å². The van der Waals surface area contributed by atoms with E-state index in [9.17, 15) is 0 Å². The number of nitrogen functional groups attached to an aromatic ring is 1. The van der Waals surface area contributed by atoms with Crippen LogP contribution in [0.1, 0.15) is 22.9 Å². The number of aromatic nitrogens is 2. The molecule has 1 aromatic carbocycles. The first kappa shape index (κ1) is 12.4. The molecule has 0 saturated heterocycles. The van der Waals surface area contributed by atoms with Gasteiger partial charge in [-0.25, -0.2) is 9.97 Å². The van der Waals surface area contributed by atoms with Crippen molar-refractivity contribution in [3.8, 4) is 0 Å². The Hall–Kier alpha value is -1.66. The number of anilines is 2. The van der Waals surface area contributed by atoms with E-state index in [2.05, 4.69) is 29.1 Å². The maximum atomic E-state index is 5.78. The van der Waals surface area contributed by atoms with Crippen LogP contribution in [0.2, 0.25) is 0 Å². The molecule has 0 saturated carbocycles. The van der Waals surface area contributed by atoms with Gasteiger partial charge in [0.15, 0.2) is 5.13 Å². The Balaban J connectivity index is 1.85. The van der Waals surface area contributed by atoms with Gasteiger partial charge in [-0.15, -0.1) is 11.3 Å². The van der Waals surface area contributed by atoms with Crippen LogP contribution in [0.15, 0.2) is 24.4 Å². The number of aryl methyl sites for hydroxylation is 1. The lowest BCUT2D eigenvalue weighted by Gasteiger charge is -2.08. The second-order valence-electron chi connectivity index (χ2n) is 4.42. The second kappa shape index (κ2) is 4.79. The van der Waals surface area contributed by atoms with Gasteiger partial charge in [0.1, 0.15) is 5.01 Å². The minimum absolute atomic E-state index is 0.164. The molecule has 98 valence electrons. The Morgan fingerprint density at radius 1 is 1.32 bits per heavy atom. The highest BCUT2D eigenvalue weighted by Crippen LogP contribution is 2.30. The van der Waals surface area contributed by atoms with Crippen LogP contribution in [-0.4, -0.2) is 9.97 Å². The van der Waals surface area contributed by atoms with E-state index in [0.29, 0.717) is 0 Å². The first-order valence-corrected chi connectivity index (χ1v) is 7.60. The summed E-state index contributed by atoms with van der Waals surface area (Å²) >= 11 is 3.32. The van der Waals surface area contributed by atoms with Gasteiger partial charge in [-0.1, -0.05) is 11.3 Å². The summed E-state index contributed by atoms with van der Waals surface area (Å²) < 4.78 is 1.10. The third-order valence-electron chi connectivity index (χ3n) is 2.76. The molecule has 2 heterocycles. The maximum Gasteiger partial charge on any atom is 0.184 e. The fraction of sp³-hybridized carbons (Fsp3) is 0.231. The van der Waals surface area contributed by atoms with E-state index in [0.717, 1.165) is 26.0 Å². The summed E-state index contributed by atoms with van der Waals surface area (Å²) in [6, 6.07) is 5.94. The van der Waals surface area contributed by atoms with E-state index in [1.54, 1.807) is 22.7 Å². The van der Waals surface area contributed by atoms with Gasteiger partial charge >= 0.3 is 0 Å². The van der Waals surface area contributed by atoms with E-state index in [4.69, 9.17) is 5.73 Å². The van der Waals surface area contributed by atoms with Crippen molar-refractivity contribution in [1.82, 2.24) is 9.97 Å². The fourth-order valence-electron chi connectivity index (χ4n) is 1.82. The first-order chi connectivity index (χ1) is 9.11. The number of rotatable bonds is 3. The summed E-state index contributed by atoms with van der Waals surface area (Å²) in [4.78, 5) is 10.2. The third kappa shape index (κ3) is 2.54. The largest absolute Gasteiger partial charge is 0.399 e. The maximum absolute atomic E-state index is 5.78. The van der Waals surface area contributed by atoms with Crippen LogP contribution in [0.25, 0.3) is 10.2 Å². The molecule has 0 radical (unpaired) electrons. The average Bonchev–Trinajstić information content (AvgIpc) is 2.94. The van der Waals surface area contributed by atoms with Gasteiger partial charge in [-0.3, -0.25) is 0 Å². The lowest BCUT2D eigenvalue weighted by atomic mass is 10.3. The van der Waals surface area contributed by atoms with Gasteiger partial charge in [-0.05, 0) is 32.0 Å². The van der Waals surface area contributed by atoms with Crippen molar-refractivity contribution in [3.63, 3.8) is 0 Å². The van der Waals surface area contributed by atoms with Gasteiger partial charge in [-0.2, -0.15) is 0 Å². The summed E-state index contributed by atoms with van der Waals surface area (Å²) in [5, 5.41) is 5.38. The lowest BCUT2D eigenvalue weighted by Crippen LogP contribution is -2.05. The van der Waals surface area contributed by atoms with Crippen molar-refractivity contribution >= 4 is 43.7 Å². The van der Waals surface area contributed by atoms with Crippen molar-refractivity contribution < 1.29 is 0 Å². The van der Waals surface area contributed by atoms with Crippen LogP contribution in [0, 0.1) is 6.92 Å². The van der Waals surface area contributed by atoms with E-state index in [1.165, 1.54) is 4.88 Å². The number of thiazole rings is 2. The number of nitrogens with two attached hydrogens (primary N) is 1. The van der Waals surface area contributed by atoms with Crippen LogP contribution in [0.4, 0.5) is 10.8 Å².